The predicted molar refractivity (Wildman–Crippen MR) is 85.0 cm³/mol. The highest BCUT2D eigenvalue weighted by molar-refractivity contribution is 5.84. The number of nitrogens with zero attached hydrogens (tertiary/aromatic N) is 1. The van der Waals surface area contributed by atoms with Gasteiger partial charge in [0, 0.05) is 12.6 Å². The second-order valence-corrected chi connectivity index (χ2v) is 7.17. The first-order valence-electron chi connectivity index (χ1n) is 8.70. The maximum absolute atomic E-state index is 12.8. The van der Waals surface area contributed by atoms with E-state index in [1.807, 2.05) is 0 Å². The van der Waals surface area contributed by atoms with E-state index in [1.54, 1.807) is 0 Å². The van der Waals surface area contributed by atoms with E-state index in [1.165, 1.54) is 0 Å². The van der Waals surface area contributed by atoms with Crippen LogP contribution in [0.2, 0.25) is 0 Å². The average molecular weight is 296 g/mol. The lowest BCUT2D eigenvalue weighted by Gasteiger charge is -2.41. The third-order valence-electron chi connectivity index (χ3n) is 4.75. The molecule has 0 bridgehead atoms. The Kier molecular flexibility index (Phi) is 5.67. The second kappa shape index (κ2) is 7.10. The standard InChI is InChI=1S/C17H32N2O2/c1-5-7-9-14-16(20)19(15(18-14)8-6-2)13-10-11-21-17(3,4)12-13/h13-15,18H,5-12H2,1-4H3. The first-order chi connectivity index (χ1) is 9.98. The molecule has 2 heterocycles. The number of amides is 1. The number of hydrogen-bond donors (Lipinski definition) is 1. The molecule has 122 valence electrons. The Labute approximate surface area is 129 Å². The molecule has 0 radical (unpaired) electrons. The van der Waals surface area contributed by atoms with Gasteiger partial charge >= 0.3 is 0 Å². The SMILES string of the molecule is CCCCC1NC(CCC)N(C2CCOC(C)(C)C2)C1=O. The molecule has 1 amide bonds. The number of rotatable bonds is 6. The van der Waals surface area contributed by atoms with Gasteiger partial charge in [-0.15, -0.1) is 0 Å². The number of unbranched alkanes of at least 4 members (excludes halogenated alkanes) is 1. The van der Waals surface area contributed by atoms with Crippen molar-refractivity contribution in [2.75, 3.05) is 6.61 Å². The van der Waals surface area contributed by atoms with E-state index >= 15 is 0 Å². The van der Waals surface area contributed by atoms with Crippen LogP contribution in [0.4, 0.5) is 0 Å². The van der Waals surface area contributed by atoms with Gasteiger partial charge in [-0.25, -0.2) is 0 Å². The number of carbonyl (C=O) groups is 1. The quantitative estimate of drug-likeness (QED) is 0.819. The molecule has 3 unspecified atom stereocenters. The van der Waals surface area contributed by atoms with Gasteiger partial charge in [0.05, 0.1) is 17.8 Å². The molecule has 0 saturated carbocycles. The summed E-state index contributed by atoms with van der Waals surface area (Å²) in [6.07, 6.45) is 7.53. The highest BCUT2D eigenvalue weighted by Gasteiger charge is 2.44. The summed E-state index contributed by atoms with van der Waals surface area (Å²) in [6.45, 7) is 9.41. The van der Waals surface area contributed by atoms with Crippen LogP contribution in [0.15, 0.2) is 0 Å². The van der Waals surface area contributed by atoms with Crippen molar-refractivity contribution in [2.45, 2.75) is 96.5 Å². The zero-order chi connectivity index (χ0) is 15.5. The van der Waals surface area contributed by atoms with Crippen LogP contribution in [-0.4, -0.2) is 41.3 Å². The normalized spacial score (nSPS) is 32.7. The van der Waals surface area contributed by atoms with Gasteiger partial charge in [-0.2, -0.15) is 0 Å². The van der Waals surface area contributed by atoms with Crippen molar-refractivity contribution >= 4 is 5.91 Å². The van der Waals surface area contributed by atoms with E-state index in [0.29, 0.717) is 11.9 Å². The maximum atomic E-state index is 12.8. The summed E-state index contributed by atoms with van der Waals surface area (Å²) < 4.78 is 5.82. The average Bonchev–Trinajstić information content (AvgIpc) is 2.72. The summed E-state index contributed by atoms with van der Waals surface area (Å²) in [7, 11) is 0. The third-order valence-corrected chi connectivity index (χ3v) is 4.75. The lowest BCUT2D eigenvalue weighted by Crippen LogP contribution is -2.51. The number of carbonyl (C=O) groups excluding carboxylic acids is 1. The number of nitrogens with one attached hydrogen (secondary N) is 1. The summed E-state index contributed by atoms with van der Waals surface area (Å²) in [5.41, 5.74) is -0.110. The molecule has 0 aromatic rings. The first kappa shape index (κ1) is 16.8. The van der Waals surface area contributed by atoms with Gasteiger partial charge < -0.3 is 9.64 Å². The molecule has 3 atom stereocenters. The molecule has 2 saturated heterocycles. The molecule has 0 aromatic carbocycles. The topological polar surface area (TPSA) is 41.6 Å². The van der Waals surface area contributed by atoms with Gasteiger partial charge in [0.2, 0.25) is 5.91 Å². The Balaban J connectivity index is 2.08. The summed E-state index contributed by atoms with van der Waals surface area (Å²) in [6, 6.07) is 0.365. The van der Waals surface area contributed by atoms with Gasteiger partial charge in [-0.1, -0.05) is 33.1 Å². The number of hydrogen-bond acceptors (Lipinski definition) is 3. The molecule has 0 aliphatic carbocycles. The van der Waals surface area contributed by atoms with E-state index in [-0.39, 0.29) is 17.8 Å². The van der Waals surface area contributed by atoms with Crippen molar-refractivity contribution in [3.63, 3.8) is 0 Å². The monoisotopic (exact) mass is 296 g/mol. The Bertz CT molecular complexity index is 357. The Morgan fingerprint density at radius 3 is 2.67 bits per heavy atom. The Hall–Kier alpha value is -0.610. The third kappa shape index (κ3) is 3.98. The van der Waals surface area contributed by atoms with Gasteiger partial charge in [0.15, 0.2) is 0 Å². The summed E-state index contributed by atoms with van der Waals surface area (Å²) in [4.78, 5) is 15.0. The van der Waals surface area contributed by atoms with Crippen LogP contribution < -0.4 is 5.32 Å². The zero-order valence-electron chi connectivity index (χ0n) is 14.2. The highest BCUT2D eigenvalue weighted by atomic mass is 16.5. The van der Waals surface area contributed by atoms with Crippen LogP contribution in [0, 0.1) is 0 Å². The largest absolute Gasteiger partial charge is 0.375 e. The molecular formula is C17H32N2O2. The lowest BCUT2D eigenvalue weighted by molar-refractivity contribution is -0.139. The van der Waals surface area contributed by atoms with Gasteiger partial charge in [0.25, 0.3) is 0 Å². The fraction of sp³-hybridized carbons (Fsp3) is 0.941. The molecule has 2 fully saturated rings. The summed E-state index contributed by atoms with van der Waals surface area (Å²) >= 11 is 0. The van der Waals surface area contributed by atoms with Crippen molar-refractivity contribution in [1.29, 1.82) is 0 Å². The predicted octanol–water partition coefficient (Wildman–Crippen LogP) is 3.06. The summed E-state index contributed by atoms with van der Waals surface area (Å²) in [5.74, 6) is 0.324. The van der Waals surface area contributed by atoms with Crippen LogP contribution >= 0.6 is 0 Å². The first-order valence-corrected chi connectivity index (χ1v) is 8.70. The van der Waals surface area contributed by atoms with E-state index < -0.39 is 0 Å². The fourth-order valence-electron chi connectivity index (χ4n) is 3.70. The van der Waals surface area contributed by atoms with Crippen molar-refractivity contribution in [1.82, 2.24) is 10.2 Å². The highest BCUT2D eigenvalue weighted by Crippen LogP contribution is 2.31. The number of ether oxygens (including phenoxy) is 1. The molecule has 2 aliphatic rings. The minimum Gasteiger partial charge on any atom is -0.375 e. The maximum Gasteiger partial charge on any atom is 0.241 e. The van der Waals surface area contributed by atoms with E-state index in [4.69, 9.17) is 4.74 Å². The lowest BCUT2D eigenvalue weighted by atomic mass is 9.92. The molecule has 0 aromatic heterocycles. The van der Waals surface area contributed by atoms with Gasteiger partial charge in [-0.3, -0.25) is 10.1 Å². The second-order valence-electron chi connectivity index (χ2n) is 7.17. The smallest absolute Gasteiger partial charge is 0.241 e. The van der Waals surface area contributed by atoms with Gasteiger partial charge in [0.1, 0.15) is 0 Å². The van der Waals surface area contributed by atoms with Crippen LogP contribution in [-0.2, 0) is 9.53 Å². The minimum atomic E-state index is -0.110. The van der Waals surface area contributed by atoms with Crippen molar-refractivity contribution in [2.24, 2.45) is 0 Å². The van der Waals surface area contributed by atoms with E-state index in [9.17, 15) is 4.79 Å². The van der Waals surface area contributed by atoms with Gasteiger partial charge in [-0.05, 0) is 39.5 Å². The molecular weight excluding hydrogens is 264 g/mol. The Morgan fingerprint density at radius 1 is 1.29 bits per heavy atom. The molecule has 4 heteroatoms. The van der Waals surface area contributed by atoms with Crippen molar-refractivity contribution < 1.29 is 9.53 Å². The fourth-order valence-corrected chi connectivity index (χ4v) is 3.70. The molecule has 4 nitrogen and oxygen atoms in total. The van der Waals surface area contributed by atoms with E-state index in [2.05, 4.69) is 37.9 Å². The zero-order valence-corrected chi connectivity index (χ0v) is 14.2. The van der Waals surface area contributed by atoms with Crippen LogP contribution in [0.25, 0.3) is 0 Å². The van der Waals surface area contributed by atoms with Crippen molar-refractivity contribution in [3.05, 3.63) is 0 Å². The molecule has 2 aliphatic heterocycles. The molecule has 2 rings (SSSR count). The molecule has 21 heavy (non-hydrogen) atoms. The summed E-state index contributed by atoms with van der Waals surface area (Å²) in [5, 5.41) is 3.59. The molecule has 0 spiro atoms. The minimum absolute atomic E-state index is 0.0347. The van der Waals surface area contributed by atoms with Crippen LogP contribution in [0.5, 0.6) is 0 Å². The van der Waals surface area contributed by atoms with Crippen molar-refractivity contribution in [3.8, 4) is 0 Å². The molecule has 1 N–H and O–H groups in total. The van der Waals surface area contributed by atoms with Crippen LogP contribution in [0.3, 0.4) is 0 Å². The van der Waals surface area contributed by atoms with E-state index in [0.717, 1.165) is 51.6 Å². The van der Waals surface area contributed by atoms with Crippen LogP contribution in [0.1, 0.15) is 72.6 Å². The Morgan fingerprint density at radius 2 is 2.05 bits per heavy atom.